The van der Waals surface area contributed by atoms with Crippen LogP contribution in [0.25, 0.3) is 0 Å². The van der Waals surface area contributed by atoms with Gasteiger partial charge in [0.2, 0.25) is 0 Å². The minimum absolute atomic E-state index is 0.141. The lowest BCUT2D eigenvalue weighted by Gasteiger charge is -2.34. The number of thiazole rings is 1. The van der Waals surface area contributed by atoms with Crippen LogP contribution in [0.15, 0.2) is 5.38 Å². The molecule has 2 N–H and O–H groups in total. The Morgan fingerprint density at radius 1 is 1.65 bits per heavy atom. The van der Waals surface area contributed by atoms with Crippen LogP contribution in [-0.4, -0.2) is 42.2 Å². The first-order valence-electron chi connectivity index (χ1n) is 6.20. The van der Waals surface area contributed by atoms with E-state index in [4.69, 9.17) is 10.5 Å². The monoisotopic (exact) mass is 255 g/mol. The maximum absolute atomic E-state index is 5.81. The van der Waals surface area contributed by atoms with E-state index in [1.807, 2.05) is 0 Å². The summed E-state index contributed by atoms with van der Waals surface area (Å²) in [5.41, 5.74) is 6.63. The fourth-order valence-electron chi connectivity index (χ4n) is 2.02. The van der Waals surface area contributed by atoms with Crippen molar-refractivity contribution in [2.45, 2.75) is 32.4 Å². The van der Waals surface area contributed by atoms with Crippen LogP contribution in [0.4, 0.5) is 0 Å². The van der Waals surface area contributed by atoms with E-state index in [9.17, 15) is 0 Å². The van der Waals surface area contributed by atoms with Gasteiger partial charge in [0.1, 0.15) is 11.1 Å². The van der Waals surface area contributed by atoms with Gasteiger partial charge in [-0.05, 0) is 20.4 Å². The number of nitrogens with two attached hydrogens (primary N) is 1. The Kier molecular flexibility index (Phi) is 4.50. The molecular formula is C12H21N3OS. The van der Waals surface area contributed by atoms with E-state index in [-0.39, 0.29) is 6.10 Å². The summed E-state index contributed by atoms with van der Waals surface area (Å²) in [6.07, 6.45) is 1.000. The van der Waals surface area contributed by atoms with Crippen LogP contribution in [0.3, 0.4) is 0 Å². The second-order valence-corrected chi connectivity index (χ2v) is 5.55. The molecule has 0 aromatic carbocycles. The summed E-state index contributed by atoms with van der Waals surface area (Å²) >= 11 is 1.69. The molecule has 1 aliphatic heterocycles. The third-order valence-electron chi connectivity index (χ3n) is 3.07. The molecule has 0 aliphatic carbocycles. The summed E-state index contributed by atoms with van der Waals surface area (Å²) in [6, 6.07) is 0.574. The van der Waals surface area contributed by atoms with Gasteiger partial charge in [-0.2, -0.15) is 0 Å². The normalized spacial score (nSPS) is 22.2. The molecule has 0 amide bonds. The van der Waals surface area contributed by atoms with Crippen LogP contribution in [0.1, 0.15) is 30.7 Å². The number of rotatable bonds is 4. The van der Waals surface area contributed by atoms with Crippen LogP contribution < -0.4 is 5.73 Å². The average Bonchev–Trinajstić information content (AvgIpc) is 2.78. The molecule has 0 saturated carbocycles. The van der Waals surface area contributed by atoms with E-state index in [1.54, 1.807) is 11.3 Å². The molecule has 1 fully saturated rings. The molecule has 5 heteroatoms. The van der Waals surface area contributed by atoms with Crippen LogP contribution in [0.5, 0.6) is 0 Å². The molecule has 96 valence electrons. The lowest BCUT2D eigenvalue weighted by atomic mass is 10.2. The van der Waals surface area contributed by atoms with Crippen LogP contribution in [0.2, 0.25) is 0 Å². The molecule has 17 heavy (non-hydrogen) atoms. The van der Waals surface area contributed by atoms with Gasteiger partial charge in [0.15, 0.2) is 0 Å². The van der Waals surface area contributed by atoms with E-state index >= 15 is 0 Å². The van der Waals surface area contributed by atoms with Crippen LogP contribution >= 0.6 is 11.3 Å². The lowest BCUT2D eigenvalue weighted by Crippen LogP contribution is -2.42. The molecule has 4 nitrogen and oxygen atoms in total. The average molecular weight is 255 g/mol. The minimum atomic E-state index is 0.141. The van der Waals surface area contributed by atoms with E-state index < -0.39 is 0 Å². The van der Waals surface area contributed by atoms with E-state index in [2.05, 4.69) is 29.1 Å². The Labute approximate surface area is 107 Å². The molecule has 1 aromatic rings. The van der Waals surface area contributed by atoms with Crippen molar-refractivity contribution in [3.8, 4) is 0 Å². The maximum atomic E-state index is 5.81. The Hall–Kier alpha value is -0.490. The molecule has 0 spiro atoms. The van der Waals surface area contributed by atoms with Gasteiger partial charge in [0.05, 0.1) is 12.3 Å². The van der Waals surface area contributed by atoms with Crippen molar-refractivity contribution in [3.63, 3.8) is 0 Å². The highest BCUT2D eigenvalue weighted by molar-refractivity contribution is 7.09. The highest BCUT2D eigenvalue weighted by Crippen LogP contribution is 2.26. The van der Waals surface area contributed by atoms with Crippen molar-refractivity contribution in [1.29, 1.82) is 0 Å². The number of morpholine rings is 1. The Bertz CT molecular complexity index is 353. The first kappa shape index (κ1) is 13.0. The molecule has 0 radical (unpaired) electrons. The highest BCUT2D eigenvalue weighted by Gasteiger charge is 2.25. The van der Waals surface area contributed by atoms with Crippen molar-refractivity contribution in [1.82, 2.24) is 9.88 Å². The Morgan fingerprint density at radius 2 is 2.47 bits per heavy atom. The molecule has 0 bridgehead atoms. The first-order valence-corrected chi connectivity index (χ1v) is 7.08. The van der Waals surface area contributed by atoms with Gasteiger partial charge in [-0.15, -0.1) is 11.3 Å². The molecular weight excluding hydrogens is 234 g/mol. The van der Waals surface area contributed by atoms with Crippen LogP contribution in [-0.2, 0) is 11.2 Å². The SMILES string of the molecule is CC(C)N1CCOC(c2nc(CCN)cs2)C1. The smallest absolute Gasteiger partial charge is 0.123 e. The fraction of sp³-hybridized carbons (Fsp3) is 0.750. The maximum Gasteiger partial charge on any atom is 0.123 e. The molecule has 2 rings (SSSR count). The van der Waals surface area contributed by atoms with Crippen molar-refractivity contribution in [3.05, 3.63) is 16.1 Å². The van der Waals surface area contributed by atoms with Gasteiger partial charge < -0.3 is 10.5 Å². The molecule has 1 aliphatic rings. The zero-order valence-corrected chi connectivity index (χ0v) is 11.4. The summed E-state index contributed by atoms with van der Waals surface area (Å²) in [4.78, 5) is 7.05. The second kappa shape index (κ2) is 5.91. The summed E-state index contributed by atoms with van der Waals surface area (Å²) in [7, 11) is 0. The third kappa shape index (κ3) is 3.25. The van der Waals surface area contributed by atoms with Crippen molar-refractivity contribution >= 4 is 11.3 Å². The topological polar surface area (TPSA) is 51.4 Å². The van der Waals surface area contributed by atoms with E-state index in [0.717, 1.165) is 36.8 Å². The zero-order chi connectivity index (χ0) is 12.3. The number of nitrogens with zero attached hydrogens (tertiary/aromatic N) is 2. The summed E-state index contributed by atoms with van der Waals surface area (Å²) < 4.78 is 5.81. The number of aromatic nitrogens is 1. The predicted octanol–water partition coefficient (Wildman–Crippen LogP) is 1.43. The third-order valence-corrected chi connectivity index (χ3v) is 4.06. The first-order chi connectivity index (χ1) is 8.20. The molecule has 1 aromatic heterocycles. The number of hydrogen-bond donors (Lipinski definition) is 1. The zero-order valence-electron chi connectivity index (χ0n) is 10.6. The van der Waals surface area contributed by atoms with Gasteiger partial charge in [0, 0.05) is 30.9 Å². The van der Waals surface area contributed by atoms with Gasteiger partial charge in [-0.3, -0.25) is 4.90 Å². The predicted molar refractivity (Wildman–Crippen MR) is 70.3 cm³/mol. The molecule has 1 unspecified atom stereocenters. The highest BCUT2D eigenvalue weighted by atomic mass is 32.1. The van der Waals surface area contributed by atoms with Gasteiger partial charge in [0.25, 0.3) is 0 Å². The van der Waals surface area contributed by atoms with Gasteiger partial charge >= 0.3 is 0 Å². The van der Waals surface area contributed by atoms with E-state index in [1.165, 1.54) is 0 Å². The quantitative estimate of drug-likeness (QED) is 0.884. The van der Waals surface area contributed by atoms with Crippen molar-refractivity contribution in [2.24, 2.45) is 5.73 Å². The summed E-state index contributed by atoms with van der Waals surface area (Å²) in [6.45, 7) is 7.89. The summed E-state index contributed by atoms with van der Waals surface area (Å²) in [5, 5.41) is 3.19. The Morgan fingerprint density at radius 3 is 3.18 bits per heavy atom. The minimum Gasteiger partial charge on any atom is -0.368 e. The largest absolute Gasteiger partial charge is 0.368 e. The molecule has 1 atom stereocenters. The molecule has 2 heterocycles. The van der Waals surface area contributed by atoms with Crippen molar-refractivity contribution in [2.75, 3.05) is 26.2 Å². The Balaban J connectivity index is 2.00. The lowest BCUT2D eigenvalue weighted by molar-refractivity contribution is -0.0403. The number of ether oxygens (including phenoxy) is 1. The standard InChI is InChI=1S/C12H21N3OS/c1-9(2)15-5-6-16-11(7-15)12-14-10(3-4-13)8-17-12/h8-9,11H,3-7,13H2,1-2H3. The van der Waals surface area contributed by atoms with Crippen molar-refractivity contribution < 1.29 is 4.74 Å². The van der Waals surface area contributed by atoms with Gasteiger partial charge in [-0.25, -0.2) is 4.98 Å². The number of hydrogen-bond acceptors (Lipinski definition) is 5. The molecule has 1 saturated heterocycles. The fourth-order valence-corrected chi connectivity index (χ4v) is 2.91. The van der Waals surface area contributed by atoms with Gasteiger partial charge in [-0.1, -0.05) is 0 Å². The van der Waals surface area contributed by atoms with Crippen LogP contribution in [0, 0.1) is 0 Å². The second-order valence-electron chi connectivity index (χ2n) is 4.66. The van der Waals surface area contributed by atoms with E-state index in [0.29, 0.717) is 12.6 Å². The summed E-state index contributed by atoms with van der Waals surface area (Å²) in [5.74, 6) is 0.